The van der Waals surface area contributed by atoms with Crippen molar-refractivity contribution in [2.75, 3.05) is 27.7 Å². The third-order valence-electron chi connectivity index (χ3n) is 1.66. The van der Waals surface area contributed by atoms with E-state index in [9.17, 15) is 9.90 Å². The Morgan fingerprint density at radius 3 is 2.14 bits per heavy atom. The predicted octanol–water partition coefficient (Wildman–Crippen LogP) is -2.41. The number of halogens is 1. The molecule has 0 aliphatic carbocycles. The third-order valence-corrected chi connectivity index (χ3v) is 1.66. The van der Waals surface area contributed by atoms with Gasteiger partial charge in [-0.2, -0.15) is 0 Å². The molecule has 1 unspecified atom stereocenters. The van der Waals surface area contributed by atoms with Crippen LogP contribution in [0.1, 0.15) is 13.3 Å². The minimum atomic E-state index is -0.566. The number of carbonyl (C=O) groups excluding carboxylic acids is 1. The number of nitrogens with zero attached hydrogens (tertiary/aromatic N) is 1. The fourth-order valence-corrected chi connectivity index (χ4v) is 1.09. The normalized spacial score (nSPS) is 12.9. The number of rotatable bonds is 5. The zero-order chi connectivity index (χ0) is 10.6. The molecule has 0 bridgehead atoms. The van der Waals surface area contributed by atoms with Crippen molar-refractivity contribution < 1.29 is 26.8 Å². The number of ketones is 1. The summed E-state index contributed by atoms with van der Waals surface area (Å²) >= 11 is 0. The number of quaternary nitrogens is 1. The molecule has 14 heavy (non-hydrogen) atoms. The van der Waals surface area contributed by atoms with E-state index >= 15 is 0 Å². The van der Waals surface area contributed by atoms with Gasteiger partial charge in [0.05, 0.1) is 21.1 Å². The van der Waals surface area contributed by atoms with Gasteiger partial charge in [0.15, 0.2) is 5.78 Å². The summed E-state index contributed by atoms with van der Waals surface area (Å²) < 4.78 is 0.657. The highest BCUT2D eigenvalue weighted by atomic mass is 35.5. The van der Waals surface area contributed by atoms with E-state index in [2.05, 4.69) is 6.58 Å². The lowest BCUT2D eigenvalue weighted by Crippen LogP contribution is -3.00. The largest absolute Gasteiger partial charge is 1.00 e. The van der Waals surface area contributed by atoms with Gasteiger partial charge in [-0.1, -0.05) is 6.58 Å². The quantitative estimate of drug-likeness (QED) is 0.415. The average Bonchev–Trinajstić information content (AvgIpc) is 1.81. The third kappa shape index (κ3) is 8.23. The molecule has 3 nitrogen and oxygen atoms in total. The molecule has 0 saturated heterocycles. The Hall–Kier alpha value is -0.380. The van der Waals surface area contributed by atoms with E-state index in [-0.39, 0.29) is 24.6 Å². The van der Waals surface area contributed by atoms with Gasteiger partial charge in [0.1, 0.15) is 12.6 Å². The number of hydrogen-bond acceptors (Lipinski definition) is 2. The van der Waals surface area contributed by atoms with Gasteiger partial charge in [0.25, 0.3) is 0 Å². The molecule has 0 aromatic rings. The highest BCUT2D eigenvalue weighted by Crippen LogP contribution is 2.03. The van der Waals surface area contributed by atoms with Gasteiger partial charge in [-0.15, -0.1) is 0 Å². The summed E-state index contributed by atoms with van der Waals surface area (Å²) in [6.07, 6.45) is -0.380. The van der Waals surface area contributed by atoms with Gasteiger partial charge < -0.3 is 22.0 Å². The predicted molar refractivity (Wildman–Crippen MR) is 53.3 cm³/mol. The fourth-order valence-electron chi connectivity index (χ4n) is 1.09. The van der Waals surface area contributed by atoms with Crippen LogP contribution in [0, 0.1) is 0 Å². The summed E-state index contributed by atoms with van der Waals surface area (Å²) in [6.45, 7) is 5.79. The van der Waals surface area contributed by atoms with E-state index < -0.39 is 6.10 Å². The molecule has 0 aliphatic heterocycles. The van der Waals surface area contributed by atoms with Gasteiger partial charge in [-0.25, -0.2) is 0 Å². The molecule has 0 aromatic carbocycles. The minimum Gasteiger partial charge on any atom is -1.00 e. The topological polar surface area (TPSA) is 37.3 Å². The number of Topliss-reactive ketones (excluding diaryl/α,β-unsaturated/α-hetero) is 1. The molecule has 1 N–H and O–H groups in total. The van der Waals surface area contributed by atoms with Crippen LogP contribution < -0.4 is 12.4 Å². The smallest absolute Gasteiger partial charge is 0.160 e. The number of carbonyl (C=O) groups is 1. The van der Waals surface area contributed by atoms with Crippen molar-refractivity contribution in [1.82, 2.24) is 0 Å². The van der Waals surface area contributed by atoms with Gasteiger partial charge in [-0.05, 0) is 12.5 Å². The van der Waals surface area contributed by atoms with Gasteiger partial charge >= 0.3 is 0 Å². The van der Waals surface area contributed by atoms with Crippen molar-refractivity contribution in [3.8, 4) is 0 Å². The van der Waals surface area contributed by atoms with E-state index in [4.69, 9.17) is 0 Å². The molecule has 0 spiro atoms. The van der Waals surface area contributed by atoms with E-state index in [1.807, 2.05) is 21.1 Å². The van der Waals surface area contributed by atoms with Gasteiger partial charge in [-0.3, -0.25) is 4.79 Å². The van der Waals surface area contributed by atoms with E-state index in [0.29, 0.717) is 16.6 Å². The van der Waals surface area contributed by atoms with Crippen LogP contribution in [-0.2, 0) is 4.79 Å². The molecule has 0 amide bonds. The first-order valence-electron chi connectivity index (χ1n) is 4.39. The summed E-state index contributed by atoms with van der Waals surface area (Å²) in [4.78, 5) is 11.2. The maximum absolute atomic E-state index is 11.2. The molecule has 1 atom stereocenters. The van der Waals surface area contributed by atoms with Crippen LogP contribution in [0.15, 0.2) is 12.2 Å². The standard InChI is InChI=1S/C10H20NO2.ClH/c1-8(2)10(13)6-9(12)7-11(3,4)5;/h9,12H,1,6-7H2,2-5H3;1H/q+1;/p-1. The number of allylic oxidation sites excluding steroid dienone is 1. The van der Waals surface area contributed by atoms with Crippen LogP contribution in [0.25, 0.3) is 0 Å². The monoisotopic (exact) mass is 221 g/mol. The molecule has 0 aliphatic rings. The Morgan fingerprint density at radius 1 is 1.43 bits per heavy atom. The first-order valence-corrected chi connectivity index (χ1v) is 4.39. The summed E-state index contributed by atoms with van der Waals surface area (Å²) in [5, 5.41) is 9.53. The molecule has 84 valence electrons. The van der Waals surface area contributed by atoms with Gasteiger partial charge in [0, 0.05) is 6.42 Å². The molecule has 0 aromatic heterocycles. The molecule has 0 fully saturated rings. The van der Waals surface area contributed by atoms with Crippen molar-refractivity contribution in [2.45, 2.75) is 19.4 Å². The summed E-state index contributed by atoms with van der Waals surface area (Å²) in [5.41, 5.74) is 0.514. The number of aliphatic hydroxyl groups excluding tert-OH is 1. The lowest BCUT2D eigenvalue weighted by Gasteiger charge is -2.26. The second-order valence-corrected chi connectivity index (χ2v) is 4.53. The molecule has 0 heterocycles. The van der Waals surface area contributed by atoms with Crippen LogP contribution in [0.2, 0.25) is 0 Å². The fraction of sp³-hybridized carbons (Fsp3) is 0.700. The molecular formula is C10H20ClNO2. The van der Waals surface area contributed by atoms with Crippen LogP contribution in [0.5, 0.6) is 0 Å². The lowest BCUT2D eigenvalue weighted by atomic mass is 10.1. The van der Waals surface area contributed by atoms with Crippen molar-refractivity contribution in [3.63, 3.8) is 0 Å². The van der Waals surface area contributed by atoms with Crippen LogP contribution in [0.3, 0.4) is 0 Å². The van der Waals surface area contributed by atoms with E-state index in [0.717, 1.165) is 0 Å². The molecule has 4 heteroatoms. The SMILES string of the molecule is C=C(C)C(=O)CC(O)C[N+](C)(C)C.[Cl-]. The lowest BCUT2D eigenvalue weighted by molar-refractivity contribution is -0.873. The van der Waals surface area contributed by atoms with Crippen molar-refractivity contribution in [1.29, 1.82) is 0 Å². The molecular weight excluding hydrogens is 202 g/mol. The van der Waals surface area contributed by atoms with Crippen LogP contribution in [0.4, 0.5) is 0 Å². The first kappa shape index (κ1) is 16.1. The van der Waals surface area contributed by atoms with Crippen molar-refractivity contribution >= 4 is 5.78 Å². The summed E-state index contributed by atoms with van der Waals surface area (Å²) in [7, 11) is 5.94. The van der Waals surface area contributed by atoms with E-state index in [1.165, 1.54) is 0 Å². The highest BCUT2D eigenvalue weighted by Gasteiger charge is 2.18. The molecule has 0 saturated carbocycles. The van der Waals surface area contributed by atoms with E-state index in [1.54, 1.807) is 6.92 Å². The average molecular weight is 222 g/mol. The number of hydrogen-bond donors (Lipinski definition) is 1. The molecule has 0 radical (unpaired) electrons. The summed E-state index contributed by atoms with van der Waals surface area (Å²) in [5.74, 6) is -0.0547. The van der Waals surface area contributed by atoms with Crippen molar-refractivity contribution in [2.24, 2.45) is 0 Å². The Bertz CT molecular complexity index is 209. The zero-order valence-corrected chi connectivity index (χ0v) is 10.1. The molecule has 0 rings (SSSR count). The summed E-state index contributed by atoms with van der Waals surface area (Å²) in [6, 6.07) is 0. The zero-order valence-electron chi connectivity index (χ0n) is 9.38. The Morgan fingerprint density at radius 2 is 1.86 bits per heavy atom. The maximum Gasteiger partial charge on any atom is 0.160 e. The number of likely N-dealkylation sites (N-methyl/N-ethyl adjacent to an activating group) is 1. The van der Waals surface area contributed by atoms with Gasteiger partial charge in [0.2, 0.25) is 0 Å². The van der Waals surface area contributed by atoms with Crippen LogP contribution in [-0.4, -0.2) is 49.2 Å². The van der Waals surface area contributed by atoms with Crippen molar-refractivity contribution in [3.05, 3.63) is 12.2 Å². The second-order valence-electron chi connectivity index (χ2n) is 4.53. The number of aliphatic hydroxyl groups is 1. The second kappa shape index (κ2) is 6.17. The maximum atomic E-state index is 11.2. The highest BCUT2D eigenvalue weighted by molar-refractivity contribution is 5.94. The minimum absolute atomic E-state index is 0. The Balaban J connectivity index is 0. The Kier molecular flexibility index (Phi) is 7.08. The first-order chi connectivity index (χ1) is 5.72. The Labute approximate surface area is 92.4 Å². The van der Waals surface area contributed by atoms with Crippen LogP contribution >= 0.6 is 0 Å².